The fourth-order valence-corrected chi connectivity index (χ4v) is 19.9. The fourth-order valence-electron chi connectivity index (χ4n) is 19.9. The Kier molecular flexibility index (Phi) is 20.4. The Bertz CT molecular complexity index is 8970. The summed E-state index contributed by atoms with van der Waals surface area (Å²) in [7, 11) is 0. The molecule has 0 aliphatic rings. The number of hydrogen-bond donors (Lipinski definition) is 0. The van der Waals surface area contributed by atoms with Gasteiger partial charge in [0, 0.05) is 90.3 Å². The maximum Gasteiger partial charge on any atom is 0.234 e. The van der Waals surface area contributed by atoms with Crippen LogP contribution >= 0.6 is 0 Å². The molecular formula is C127H85N7. The van der Waals surface area contributed by atoms with Gasteiger partial charge in [-0.3, -0.25) is 14.1 Å². The van der Waals surface area contributed by atoms with Gasteiger partial charge in [0.1, 0.15) is 5.82 Å². The minimum atomic E-state index is 0.668. The molecule has 26 aromatic rings. The summed E-state index contributed by atoms with van der Waals surface area (Å²) in [4.78, 5) is 19.7. The zero-order chi connectivity index (χ0) is 88.9. The minimum absolute atomic E-state index is 0.668. The zero-order valence-electron chi connectivity index (χ0n) is 73.5. The Morgan fingerprint density at radius 3 is 1.16 bits per heavy atom. The molecular weight excluding hydrogens is 1620 g/mol. The van der Waals surface area contributed by atoms with Gasteiger partial charge < -0.3 is 4.57 Å². The van der Waals surface area contributed by atoms with E-state index < -0.39 is 0 Å². The molecule has 0 aliphatic carbocycles. The van der Waals surface area contributed by atoms with Gasteiger partial charge in [0.2, 0.25) is 5.95 Å². The van der Waals surface area contributed by atoms with Crippen molar-refractivity contribution in [2.75, 3.05) is 0 Å². The molecule has 7 heteroatoms. The van der Waals surface area contributed by atoms with Gasteiger partial charge in [-0.05, 0) is 207 Å². The van der Waals surface area contributed by atoms with Crippen molar-refractivity contribution in [1.82, 2.24) is 33.6 Å². The Morgan fingerprint density at radius 1 is 0.179 bits per heavy atom. The first-order valence-electron chi connectivity index (χ1n) is 45.7. The van der Waals surface area contributed by atoms with Gasteiger partial charge in [-0.25, -0.2) is 15.0 Å². The van der Waals surface area contributed by atoms with Crippen LogP contribution in [0, 0.1) is 6.92 Å². The summed E-state index contributed by atoms with van der Waals surface area (Å²) in [6.07, 6.45) is 7.80. The number of nitrogens with zero attached hydrogens (tertiary/aromatic N) is 7. The molecule has 0 spiro atoms. The van der Waals surface area contributed by atoms with Crippen LogP contribution in [-0.2, 0) is 0 Å². The number of fused-ring (bicyclic) bond motifs is 15. The minimum Gasteiger partial charge on any atom is -0.308 e. The Morgan fingerprint density at radius 2 is 0.575 bits per heavy atom. The molecule has 26 rings (SSSR count). The first-order valence-corrected chi connectivity index (χ1v) is 45.7. The molecule has 0 saturated carbocycles. The number of pyridine rings is 2. The number of aromatic nitrogens is 7. The highest BCUT2D eigenvalue weighted by atomic mass is 15.2. The highest BCUT2D eigenvalue weighted by Crippen LogP contribution is 2.44. The first kappa shape index (κ1) is 79.6. The van der Waals surface area contributed by atoms with Crippen LogP contribution in [0.3, 0.4) is 0 Å². The summed E-state index contributed by atoms with van der Waals surface area (Å²) >= 11 is 0. The van der Waals surface area contributed by atoms with Crippen LogP contribution in [0.25, 0.3) is 237 Å². The largest absolute Gasteiger partial charge is 0.308 e. The van der Waals surface area contributed by atoms with Crippen molar-refractivity contribution in [2.45, 2.75) is 6.92 Å². The maximum absolute atomic E-state index is 5.02. The number of rotatable bonds is 13. The van der Waals surface area contributed by atoms with E-state index in [-0.39, 0.29) is 0 Å². The topological polar surface area (TPSA) is 66.3 Å². The Balaban J connectivity index is 0.000000111. The molecule has 7 nitrogen and oxygen atoms in total. The van der Waals surface area contributed by atoms with Crippen molar-refractivity contribution >= 4 is 109 Å². The lowest BCUT2D eigenvalue weighted by atomic mass is 9.91. The standard InChI is InChI=1S/C44H29N3.C43H28N2.C40H28N2/c1-2-10-33(11-3-1)37-13-6-7-14-38(37)35-24-22-31(23-25-35)30-18-20-32(21-19-30)36-28-45-44(46-29-36)47-42-17-9-8-16-40(42)41-27-26-34-12-4-5-15-39(34)43(41)47;1-2-11-29(12-3-1)34-23-24-35(38-18-7-6-17-37(34)38)31-14-10-15-32(27-31)41-28-33(25-26-44-41)45-42-20-9-8-19-39(42)40-22-21-30-13-4-5-16-36(30)43(40)45;1-27-17-19-38-36(21-27)37-24-33-11-5-6-12-34(33)25-39(37)42(38)40-20-18-35(26-41-40)32-16-8-15-31(23-32)30-14-7-13-29(22-30)28-9-3-2-4-10-28/h1-29H;1-28H;2-26H,1H3. The zero-order valence-corrected chi connectivity index (χ0v) is 73.5. The summed E-state index contributed by atoms with van der Waals surface area (Å²) in [6, 6.07) is 169. The van der Waals surface area contributed by atoms with Gasteiger partial charge in [-0.1, -0.05) is 400 Å². The third-order valence-corrected chi connectivity index (χ3v) is 26.5. The third kappa shape index (κ3) is 14.7. The van der Waals surface area contributed by atoms with Crippen LogP contribution in [0.5, 0.6) is 0 Å². The molecule has 0 saturated heterocycles. The van der Waals surface area contributed by atoms with E-state index >= 15 is 0 Å². The maximum atomic E-state index is 5.02. The van der Waals surface area contributed by atoms with Crippen molar-refractivity contribution in [3.63, 3.8) is 0 Å². The van der Waals surface area contributed by atoms with E-state index in [9.17, 15) is 0 Å². The first-order chi connectivity index (χ1) is 66.4. The summed E-state index contributed by atoms with van der Waals surface area (Å²) in [5.74, 6) is 1.59. The van der Waals surface area contributed by atoms with Crippen molar-refractivity contribution in [3.05, 3.63) is 504 Å². The van der Waals surface area contributed by atoms with Crippen molar-refractivity contribution in [3.8, 4) is 129 Å². The lowest BCUT2D eigenvalue weighted by Gasteiger charge is -2.14. The van der Waals surface area contributed by atoms with Gasteiger partial charge in [0.25, 0.3) is 0 Å². The molecule has 0 N–H and O–H groups in total. The van der Waals surface area contributed by atoms with Crippen molar-refractivity contribution in [2.24, 2.45) is 0 Å². The molecule has 0 bridgehead atoms. The molecule has 134 heavy (non-hydrogen) atoms. The van der Waals surface area contributed by atoms with Gasteiger partial charge in [0.15, 0.2) is 0 Å². The highest BCUT2D eigenvalue weighted by molar-refractivity contribution is 6.20. The predicted octanol–water partition coefficient (Wildman–Crippen LogP) is 33.5. The van der Waals surface area contributed by atoms with E-state index in [0.717, 1.165) is 56.0 Å². The van der Waals surface area contributed by atoms with Gasteiger partial charge in [0.05, 0.1) is 38.8 Å². The fraction of sp³-hybridized carbons (Fsp3) is 0.00787. The van der Waals surface area contributed by atoms with E-state index in [4.69, 9.17) is 19.9 Å². The molecule has 20 aromatic carbocycles. The van der Waals surface area contributed by atoms with Crippen molar-refractivity contribution in [1.29, 1.82) is 0 Å². The molecule has 628 valence electrons. The van der Waals surface area contributed by atoms with Crippen LogP contribution in [-0.4, -0.2) is 33.6 Å². The molecule has 6 aromatic heterocycles. The lowest BCUT2D eigenvalue weighted by molar-refractivity contribution is 0.992. The Hall–Kier alpha value is -17.8. The molecule has 0 fully saturated rings. The molecule has 0 amide bonds. The van der Waals surface area contributed by atoms with Crippen LogP contribution < -0.4 is 0 Å². The number of hydrogen-bond acceptors (Lipinski definition) is 4. The average molecular weight is 1710 g/mol. The summed E-state index contributed by atoms with van der Waals surface area (Å²) < 4.78 is 6.89. The molecule has 0 atom stereocenters. The van der Waals surface area contributed by atoms with E-state index in [2.05, 4.69) is 494 Å². The second kappa shape index (κ2) is 34.3. The second-order valence-electron chi connectivity index (χ2n) is 34.5. The normalized spacial score (nSPS) is 11.5. The van der Waals surface area contributed by atoms with E-state index in [1.54, 1.807) is 0 Å². The molecule has 0 radical (unpaired) electrons. The van der Waals surface area contributed by atoms with Gasteiger partial charge >= 0.3 is 0 Å². The highest BCUT2D eigenvalue weighted by Gasteiger charge is 2.22. The monoisotopic (exact) mass is 1710 g/mol. The van der Waals surface area contributed by atoms with E-state index in [1.807, 2.05) is 24.8 Å². The Labute approximate surface area is 776 Å². The SMILES string of the molecule is Cc1ccc2c(c1)c1cc3ccccc3cc1n2-c1ccc(-c2cccc(-c3cccc(-c4ccccc4)c3)c2)cn1.c1ccc(-c2ccc(-c3cccc(-c4cc(-n5c6ccccc6c6ccc7ccccc7c65)ccn4)c3)c3ccccc23)cc1.c1ccc(-c2ccccc2-c2ccc(-c3ccc(-c4cnc(-n5c6ccccc6c6ccc7ccccc7c65)nc4)cc3)cc2)cc1. The molecule has 0 unspecified atom stereocenters. The van der Waals surface area contributed by atoms with Gasteiger partial charge in [-0.2, -0.15) is 0 Å². The quantitative estimate of drug-likeness (QED) is 0.115. The predicted molar refractivity (Wildman–Crippen MR) is 563 cm³/mol. The third-order valence-electron chi connectivity index (χ3n) is 26.5. The van der Waals surface area contributed by atoms with E-state index in [0.29, 0.717) is 5.95 Å². The lowest BCUT2D eigenvalue weighted by Crippen LogP contribution is -2.01. The molecule has 6 heterocycles. The summed E-state index contributed by atoms with van der Waals surface area (Å²) in [5.41, 5.74) is 32.7. The smallest absolute Gasteiger partial charge is 0.234 e. The van der Waals surface area contributed by atoms with Crippen LogP contribution in [0.1, 0.15) is 5.56 Å². The summed E-state index contributed by atoms with van der Waals surface area (Å²) in [5, 5.41) is 17.3. The van der Waals surface area contributed by atoms with Crippen molar-refractivity contribution < 1.29 is 0 Å². The number of para-hydroxylation sites is 2. The molecule has 0 aliphatic heterocycles. The number of aryl methyl sites for hydroxylation is 1. The average Bonchev–Trinajstić information content (AvgIpc) is 1.59. The summed E-state index contributed by atoms with van der Waals surface area (Å²) in [6.45, 7) is 2.16. The second-order valence-corrected chi connectivity index (χ2v) is 34.5. The van der Waals surface area contributed by atoms with E-state index in [1.165, 1.54) is 181 Å². The number of benzene rings is 20. The van der Waals surface area contributed by atoms with Gasteiger partial charge in [-0.15, -0.1) is 0 Å². The van der Waals surface area contributed by atoms with Crippen LogP contribution in [0.4, 0.5) is 0 Å². The van der Waals surface area contributed by atoms with Crippen LogP contribution in [0.15, 0.2) is 498 Å². The van der Waals surface area contributed by atoms with Crippen LogP contribution in [0.2, 0.25) is 0 Å².